The van der Waals surface area contributed by atoms with Crippen LogP contribution in [0.5, 0.6) is 0 Å². The molecule has 0 saturated heterocycles. The summed E-state index contributed by atoms with van der Waals surface area (Å²) >= 11 is 5.85. The third-order valence-corrected chi connectivity index (χ3v) is 3.22. The molecule has 1 atom stereocenters. The highest BCUT2D eigenvalue weighted by atomic mass is 35.5. The molecule has 2 rings (SSSR count). The molecule has 112 valence electrons. The number of nitrogens with zero attached hydrogens (tertiary/aromatic N) is 2. The van der Waals surface area contributed by atoms with Gasteiger partial charge in [-0.1, -0.05) is 53.2 Å². The Labute approximate surface area is 133 Å². The molecular formula is C16H14ClN3O2. The fourth-order valence-corrected chi connectivity index (χ4v) is 2.05. The highest BCUT2D eigenvalue weighted by Crippen LogP contribution is 2.11. The maximum Gasteiger partial charge on any atom is 0.271 e. The monoisotopic (exact) mass is 315 g/mol. The first-order chi connectivity index (χ1) is 10.6. The van der Waals surface area contributed by atoms with Crippen LogP contribution in [0.25, 0.3) is 0 Å². The van der Waals surface area contributed by atoms with Crippen molar-refractivity contribution in [3.05, 3.63) is 75.7 Å². The highest BCUT2D eigenvalue weighted by molar-refractivity contribution is 6.30. The van der Waals surface area contributed by atoms with Crippen molar-refractivity contribution in [1.82, 2.24) is 5.43 Å². The fourth-order valence-electron chi connectivity index (χ4n) is 1.86. The predicted molar refractivity (Wildman–Crippen MR) is 87.2 cm³/mol. The maximum atomic E-state index is 12.1. The van der Waals surface area contributed by atoms with Gasteiger partial charge in [0.2, 0.25) is 0 Å². The van der Waals surface area contributed by atoms with Crippen LogP contribution in [0.3, 0.4) is 0 Å². The van der Waals surface area contributed by atoms with Crippen LogP contribution in [0.1, 0.15) is 22.8 Å². The average Bonchev–Trinajstić information content (AvgIpc) is 2.55. The Kier molecular flexibility index (Phi) is 5.38. The van der Waals surface area contributed by atoms with Gasteiger partial charge in [-0.3, -0.25) is 4.79 Å². The Bertz CT molecular complexity index is 702. The molecule has 0 aromatic heterocycles. The van der Waals surface area contributed by atoms with Gasteiger partial charge >= 0.3 is 0 Å². The van der Waals surface area contributed by atoms with E-state index >= 15 is 0 Å². The summed E-state index contributed by atoms with van der Waals surface area (Å²) in [6.07, 6.45) is 0. The molecule has 1 amide bonds. The second-order valence-corrected chi connectivity index (χ2v) is 5.03. The minimum absolute atomic E-state index is 0.385. The third kappa shape index (κ3) is 3.99. The van der Waals surface area contributed by atoms with Crippen molar-refractivity contribution in [2.45, 2.75) is 13.0 Å². The molecule has 1 N–H and O–H groups in total. The van der Waals surface area contributed by atoms with Crippen LogP contribution in [0.2, 0.25) is 5.02 Å². The first kappa shape index (κ1) is 15.9. The van der Waals surface area contributed by atoms with Crippen LogP contribution >= 0.6 is 11.6 Å². The first-order valence-electron chi connectivity index (χ1n) is 6.63. The van der Waals surface area contributed by atoms with Crippen molar-refractivity contribution < 1.29 is 4.79 Å². The SMILES string of the molecule is CC(N=O)C(=NNC(=O)c1cccc(Cl)c1)c1ccccc1. The number of rotatable bonds is 5. The highest BCUT2D eigenvalue weighted by Gasteiger charge is 2.14. The summed E-state index contributed by atoms with van der Waals surface area (Å²) in [7, 11) is 0. The van der Waals surface area contributed by atoms with Gasteiger partial charge in [-0.25, -0.2) is 5.43 Å². The van der Waals surface area contributed by atoms with Gasteiger partial charge in [0.05, 0.1) is 5.71 Å². The van der Waals surface area contributed by atoms with Crippen molar-refractivity contribution in [2.24, 2.45) is 10.3 Å². The van der Waals surface area contributed by atoms with E-state index in [0.29, 0.717) is 16.3 Å². The van der Waals surface area contributed by atoms with E-state index in [1.54, 1.807) is 37.3 Å². The lowest BCUT2D eigenvalue weighted by atomic mass is 10.1. The van der Waals surface area contributed by atoms with Crippen LogP contribution in [0.4, 0.5) is 0 Å². The number of hydrazone groups is 1. The number of halogens is 1. The van der Waals surface area contributed by atoms with E-state index in [1.807, 2.05) is 18.2 Å². The van der Waals surface area contributed by atoms with Gasteiger partial charge in [-0.15, -0.1) is 0 Å². The standard InChI is InChI=1S/C16H14ClN3O2/c1-11(20-22)15(12-6-3-2-4-7-12)18-19-16(21)13-8-5-9-14(17)10-13/h2-11H,1H3,(H,19,21). The number of amides is 1. The van der Waals surface area contributed by atoms with Gasteiger partial charge in [0.1, 0.15) is 6.04 Å². The van der Waals surface area contributed by atoms with Crippen molar-refractivity contribution in [1.29, 1.82) is 0 Å². The van der Waals surface area contributed by atoms with Gasteiger partial charge in [0.25, 0.3) is 5.91 Å². The molecule has 0 heterocycles. The van der Waals surface area contributed by atoms with E-state index in [0.717, 1.165) is 5.56 Å². The van der Waals surface area contributed by atoms with Crippen LogP contribution in [-0.2, 0) is 0 Å². The number of nitrogens with one attached hydrogen (secondary N) is 1. The Morgan fingerprint density at radius 2 is 1.77 bits per heavy atom. The number of benzene rings is 2. The summed E-state index contributed by atoms with van der Waals surface area (Å²) in [4.78, 5) is 22.9. The topological polar surface area (TPSA) is 70.9 Å². The van der Waals surface area contributed by atoms with Gasteiger partial charge in [0.15, 0.2) is 0 Å². The fraction of sp³-hybridized carbons (Fsp3) is 0.125. The molecule has 0 spiro atoms. The summed E-state index contributed by atoms with van der Waals surface area (Å²) in [5, 5.41) is 7.49. The molecule has 0 aliphatic rings. The van der Waals surface area contributed by atoms with Crippen molar-refractivity contribution >= 4 is 23.2 Å². The number of carbonyl (C=O) groups excluding carboxylic acids is 1. The number of hydrogen-bond acceptors (Lipinski definition) is 4. The van der Waals surface area contributed by atoms with Crippen LogP contribution < -0.4 is 5.43 Å². The minimum Gasteiger partial charge on any atom is -0.267 e. The summed E-state index contributed by atoms with van der Waals surface area (Å²) in [6.45, 7) is 1.62. The molecule has 2 aromatic rings. The van der Waals surface area contributed by atoms with Gasteiger partial charge in [-0.05, 0) is 25.1 Å². The van der Waals surface area contributed by atoms with Gasteiger partial charge in [-0.2, -0.15) is 10.0 Å². The molecule has 6 heteroatoms. The molecule has 22 heavy (non-hydrogen) atoms. The zero-order valence-corrected chi connectivity index (χ0v) is 12.6. The lowest BCUT2D eigenvalue weighted by molar-refractivity contribution is 0.0955. The Balaban J connectivity index is 2.23. The average molecular weight is 316 g/mol. The van der Waals surface area contributed by atoms with E-state index in [-0.39, 0.29) is 0 Å². The molecule has 0 radical (unpaired) electrons. The van der Waals surface area contributed by atoms with E-state index in [1.165, 1.54) is 6.07 Å². The molecular weight excluding hydrogens is 302 g/mol. The normalized spacial score (nSPS) is 12.5. The molecule has 0 fully saturated rings. The molecule has 0 bridgehead atoms. The van der Waals surface area contributed by atoms with Crippen molar-refractivity contribution in [3.8, 4) is 0 Å². The lowest BCUT2D eigenvalue weighted by Crippen LogP contribution is -2.24. The Morgan fingerprint density at radius 3 is 2.41 bits per heavy atom. The molecule has 0 saturated carbocycles. The molecule has 0 aliphatic carbocycles. The second kappa shape index (κ2) is 7.47. The molecule has 1 unspecified atom stereocenters. The van der Waals surface area contributed by atoms with E-state index in [9.17, 15) is 9.70 Å². The summed E-state index contributed by atoms with van der Waals surface area (Å²) in [5.74, 6) is -0.408. The van der Waals surface area contributed by atoms with Gasteiger partial charge < -0.3 is 0 Å². The summed E-state index contributed by atoms with van der Waals surface area (Å²) in [6, 6.07) is 14.9. The molecule has 2 aromatic carbocycles. The second-order valence-electron chi connectivity index (χ2n) is 4.60. The minimum atomic E-state index is -0.679. The van der Waals surface area contributed by atoms with Crippen molar-refractivity contribution in [2.75, 3.05) is 0 Å². The summed E-state index contributed by atoms with van der Waals surface area (Å²) in [5.41, 5.74) is 3.93. The predicted octanol–water partition coefficient (Wildman–Crippen LogP) is 3.63. The molecule has 0 aliphatic heterocycles. The number of nitroso groups, excluding NO2 is 1. The van der Waals surface area contributed by atoms with Crippen LogP contribution in [-0.4, -0.2) is 17.7 Å². The van der Waals surface area contributed by atoms with Crippen molar-refractivity contribution in [3.63, 3.8) is 0 Å². The lowest BCUT2D eigenvalue weighted by Gasteiger charge is -2.09. The quantitative estimate of drug-likeness (QED) is 0.520. The number of carbonyl (C=O) groups is 1. The molecule has 5 nitrogen and oxygen atoms in total. The van der Waals surface area contributed by atoms with E-state index < -0.39 is 11.9 Å². The Hall–Kier alpha value is -2.53. The third-order valence-electron chi connectivity index (χ3n) is 2.99. The number of hydrogen-bond donors (Lipinski definition) is 1. The Morgan fingerprint density at radius 1 is 1.09 bits per heavy atom. The van der Waals surface area contributed by atoms with E-state index in [4.69, 9.17) is 11.6 Å². The van der Waals surface area contributed by atoms with Gasteiger partial charge in [0, 0.05) is 16.1 Å². The van der Waals surface area contributed by atoms with E-state index in [2.05, 4.69) is 15.7 Å². The largest absolute Gasteiger partial charge is 0.271 e. The zero-order chi connectivity index (χ0) is 15.9. The zero-order valence-electron chi connectivity index (χ0n) is 11.9. The van der Waals surface area contributed by atoms with Crippen LogP contribution in [0, 0.1) is 4.91 Å². The van der Waals surface area contributed by atoms with Crippen LogP contribution in [0.15, 0.2) is 64.9 Å². The first-order valence-corrected chi connectivity index (χ1v) is 7.01. The maximum absolute atomic E-state index is 12.1. The summed E-state index contributed by atoms with van der Waals surface area (Å²) < 4.78 is 0. The smallest absolute Gasteiger partial charge is 0.267 e.